The molecule has 0 amide bonds. The number of hydrogen-bond acceptors (Lipinski definition) is 3. The number of hydrazone groups is 1. The van der Waals surface area contributed by atoms with Crippen molar-refractivity contribution >= 4 is 68.9 Å². The van der Waals surface area contributed by atoms with Crippen molar-refractivity contribution in [1.29, 1.82) is 0 Å². The average molecular weight is 331 g/mol. The van der Waals surface area contributed by atoms with Crippen LogP contribution in [0.4, 0.5) is 5.69 Å². The molecule has 0 aliphatic carbocycles. The third kappa shape index (κ3) is 2.92. The van der Waals surface area contributed by atoms with Crippen LogP contribution in [-0.4, -0.2) is 5.17 Å². The number of anilines is 1. The van der Waals surface area contributed by atoms with Crippen molar-refractivity contribution in [2.75, 3.05) is 5.12 Å². The molecule has 1 aliphatic rings. The molecule has 1 aromatic rings. The van der Waals surface area contributed by atoms with Crippen molar-refractivity contribution in [1.82, 2.24) is 5.43 Å². The summed E-state index contributed by atoms with van der Waals surface area (Å²) in [5.74, 6) is 0. The lowest BCUT2D eigenvalue weighted by molar-refractivity contribution is 0.761. The van der Waals surface area contributed by atoms with E-state index in [0.717, 1.165) is 0 Å². The van der Waals surface area contributed by atoms with Gasteiger partial charge in [-0.05, 0) is 12.1 Å². The molecule has 2 rings (SSSR count). The highest BCUT2D eigenvalue weighted by Gasteiger charge is 2.19. The van der Waals surface area contributed by atoms with Crippen molar-refractivity contribution in [3.05, 3.63) is 38.4 Å². The minimum absolute atomic E-state index is 0.204. The smallest absolute Gasteiger partial charge is 0.154 e. The Balaban J connectivity index is 2.46. The van der Waals surface area contributed by atoms with Crippen molar-refractivity contribution in [3.8, 4) is 0 Å². The van der Waals surface area contributed by atoms with E-state index in [1.54, 1.807) is 12.1 Å². The van der Waals surface area contributed by atoms with E-state index in [0.29, 0.717) is 25.9 Å². The van der Waals surface area contributed by atoms with E-state index in [4.69, 9.17) is 58.0 Å². The van der Waals surface area contributed by atoms with Gasteiger partial charge in [-0.3, -0.25) is 5.43 Å². The fourth-order valence-corrected chi connectivity index (χ4v) is 2.63. The first-order valence-corrected chi connectivity index (χ1v) is 6.19. The second-order valence-corrected chi connectivity index (χ2v) is 5.10. The molecule has 0 bridgehead atoms. The van der Waals surface area contributed by atoms with Gasteiger partial charge >= 0.3 is 0 Å². The molecule has 0 radical (unpaired) electrons. The van der Waals surface area contributed by atoms with Crippen LogP contribution in [0.1, 0.15) is 0 Å². The van der Waals surface area contributed by atoms with E-state index in [2.05, 4.69) is 10.5 Å². The monoisotopic (exact) mass is 329 g/mol. The van der Waals surface area contributed by atoms with Gasteiger partial charge in [-0.15, -0.1) is 5.10 Å². The summed E-state index contributed by atoms with van der Waals surface area (Å²) >= 11 is 29.5. The van der Waals surface area contributed by atoms with Gasteiger partial charge in [0.25, 0.3) is 0 Å². The summed E-state index contributed by atoms with van der Waals surface area (Å²) in [5.41, 5.74) is 3.16. The van der Waals surface area contributed by atoms with Crippen LogP contribution in [0.25, 0.3) is 0 Å². The van der Waals surface area contributed by atoms with Gasteiger partial charge in [0.05, 0.1) is 10.0 Å². The third-order valence-electron chi connectivity index (χ3n) is 1.85. The summed E-state index contributed by atoms with van der Waals surface area (Å²) in [5, 5.41) is 6.86. The van der Waals surface area contributed by atoms with Gasteiger partial charge in [0.2, 0.25) is 0 Å². The van der Waals surface area contributed by atoms with Gasteiger partial charge in [0, 0.05) is 11.1 Å². The van der Waals surface area contributed by atoms with Crippen molar-refractivity contribution in [3.63, 3.8) is 0 Å². The number of benzene rings is 1. The fraction of sp³-hybridized carbons (Fsp3) is 0. The second kappa shape index (κ2) is 5.12. The van der Waals surface area contributed by atoms with E-state index < -0.39 is 0 Å². The zero-order valence-electron chi connectivity index (χ0n) is 8.02. The van der Waals surface area contributed by atoms with Crippen LogP contribution in [0, 0.1) is 0 Å². The molecule has 0 saturated carbocycles. The van der Waals surface area contributed by atoms with Crippen LogP contribution in [0.3, 0.4) is 0 Å². The predicted octanol–water partition coefficient (Wildman–Crippen LogP) is 4.60. The highest BCUT2D eigenvalue weighted by Crippen LogP contribution is 2.37. The zero-order valence-corrected chi connectivity index (χ0v) is 11.8. The molecular formula is C9H4Cl5N3. The van der Waals surface area contributed by atoms with Crippen LogP contribution < -0.4 is 10.5 Å². The first-order chi connectivity index (χ1) is 7.97. The van der Waals surface area contributed by atoms with Crippen molar-refractivity contribution in [2.45, 2.75) is 0 Å². The molecule has 0 unspecified atom stereocenters. The normalized spacial score (nSPS) is 15.2. The molecule has 1 heterocycles. The summed E-state index contributed by atoms with van der Waals surface area (Å²) < 4.78 is 0. The number of halogens is 5. The maximum atomic E-state index is 6.04. The topological polar surface area (TPSA) is 27.6 Å². The van der Waals surface area contributed by atoms with Crippen LogP contribution in [0.2, 0.25) is 15.1 Å². The zero-order chi connectivity index (χ0) is 12.6. The minimum atomic E-state index is 0.204. The number of rotatable bonds is 1. The summed E-state index contributed by atoms with van der Waals surface area (Å²) in [6.45, 7) is 0. The molecule has 1 aliphatic heterocycles. The molecule has 0 atom stereocenters. The molecule has 1 N–H and O–H groups in total. The SMILES string of the molecule is ClC1=CC(Cl)=NN(c2c(Cl)cc(Cl)cc2Cl)N1. The first kappa shape index (κ1) is 13.1. The largest absolute Gasteiger partial charge is 0.266 e. The molecule has 17 heavy (non-hydrogen) atoms. The molecule has 0 saturated heterocycles. The lowest BCUT2D eigenvalue weighted by Crippen LogP contribution is -2.35. The Morgan fingerprint density at radius 2 is 1.59 bits per heavy atom. The Bertz CT molecular complexity index is 502. The first-order valence-electron chi connectivity index (χ1n) is 4.30. The maximum absolute atomic E-state index is 6.04. The quantitative estimate of drug-likeness (QED) is 0.761. The van der Waals surface area contributed by atoms with Gasteiger partial charge in [-0.25, -0.2) is 0 Å². The van der Waals surface area contributed by atoms with Crippen molar-refractivity contribution < 1.29 is 0 Å². The number of hydrazine groups is 1. The van der Waals surface area contributed by atoms with E-state index >= 15 is 0 Å². The Hall–Kier alpha value is -0.320. The van der Waals surface area contributed by atoms with Crippen LogP contribution >= 0.6 is 58.0 Å². The fourth-order valence-electron chi connectivity index (χ4n) is 1.23. The summed E-state index contributed by atoms with van der Waals surface area (Å²) in [7, 11) is 0. The third-order valence-corrected chi connectivity index (χ3v) is 3.02. The second-order valence-electron chi connectivity index (χ2n) is 3.06. The Kier molecular flexibility index (Phi) is 3.95. The Morgan fingerprint density at radius 1 is 1.00 bits per heavy atom. The van der Waals surface area contributed by atoms with Gasteiger partial charge in [0.15, 0.2) is 5.17 Å². The summed E-state index contributed by atoms with van der Waals surface area (Å²) in [4.78, 5) is 0. The Morgan fingerprint density at radius 3 is 2.12 bits per heavy atom. The maximum Gasteiger partial charge on any atom is 0.154 e. The molecule has 0 aromatic heterocycles. The van der Waals surface area contributed by atoms with E-state index in [-0.39, 0.29) is 5.17 Å². The molecular weight excluding hydrogens is 327 g/mol. The highest BCUT2D eigenvalue weighted by atomic mass is 35.5. The van der Waals surface area contributed by atoms with Gasteiger partial charge < -0.3 is 0 Å². The molecule has 90 valence electrons. The van der Waals surface area contributed by atoms with Crippen molar-refractivity contribution in [2.24, 2.45) is 5.10 Å². The molecule has 0 fully saturated rings. The van der Waals surface area contributed by atoms with Crippen LogP contribution in [0.15, 0.2) is 28.5 Å². The van der Waals surface area contributed by atoms with Crippen LogP contribution in [0.5, 0.6) is 0 Å². The van der Waals surface area contributed by atoms with Gasteiger partial charge in [0.1, 0.15) is 10.8 Å². The molecule has 3 nitrogen and oxygen atoms in total. The van der Waals surface area contributed by atoms with Gasteiger partial charge in [-0.1, -0.05) is 58.0 Å². The highest BCUT2D eigenvalue weighted by molar-refractivity contribution is 6.69. The minimum Gasteiger partial charge on any atom is -0.266 e. The van der Waals surface area contributed by atoms with Crippen LogP contribution in [-0.2, 0) is 0 Å². The molecule has 1 aromatic carbocycles. The number of nitrogens with zero attached hydrogens (tertiary/aromatic N) is 2. The van der Waals surface area contributed by atoms with E-state index in [9.17, 15) is 0 Å². The molecule has 8 heteroatoms. The lowest BCUT2D eigenvalue weighted by atomic mass is 10.3. The molecule has 0 spiro atoms. The van der Waals surface area contributed by atoms with E-state index in [1.165, 1.54) is 11.2 Å². The summed E-state index contributed by atoms with van der Waals surface area (Å²) in [6, 6.07) is 3.09. The summed E-state index contributed by atoms with van der Waals surface area (Å²) in [6.07, 6.45) is 1.46. The number of nitrogens with one attached hydrogen (secondary N) is 1. The number of allylic oxidation sites excluding steroid dienone is 1. The average Bonchev–Trinajstić information content (AvgIpc) is 2.13. The van der Waals surface area contributed by atoms with Gasteiger partial charge in [-0.2, -0.15) is 5.12 Å². The lowest BCUT2D eigenvalue weighted by Gasteiger charge is -2.25. The number of hydrogen-bond donors (Lipinski definition) is 1. The van der Waals surface area contributed by atoms with E-state index in [1.807, 2.05) is 0 Å². The Labute approximate surface area is 122 Å². The predicted molar refractivity (Wildman–Crippen MR) is 74.3 cm³/mol. The standard InChI is InChI=1S/C9H4Cl5N3/c10-4-1-5(11)9(6(12)2-4)17-15-7(13)3-8(14)16-17/h1-3,15H.